The lowest BCUT2D eigenvalue weighted by molar-refractivity contribution is 0.558. The Labute approximate surface area is 97.5 Å². The van der Waals surface area contributed by atoms with Gasteiger partial charge in [-0.2, -0.15) is 0 Å². The zero-order valence-electron chi connectivity index (χ0n) is 7.54. The fourth-order valence-electron chi connectivity index (χ4n) is 0.846. The van der Waals surface area contributed by atoms with Crippen LogP contribution >= 0.6 is 35.0 Å². The molecule has 0 aromatic carbocycles. The molecule has 82 valence electrons. The number of sulfonamides is 1. The summed E-state index contributed by atoms with van der Waals surface area (Å²) in [6.07, 6.45) is 0. The molecule has 1 unspecified atom stereocenters. The third-order valence-corrected chi connectivity index (χ3v) is 5.90. The molecule has 8 heteroatoms. The highest BCUT2D eigenvalue weighted by molar-refractivity contribution is 8.17. The van der Waals surface area contributed by atoms with E-state index in [0.29, 0.717) is 0 Å². The van der Waals surface area contributed by atoms with Crippen molar-refractivity contribution in [3.05, 3.63) is 10.6 Å². The van der Waals surface area contributed by atoms with Crippen molar-refractivity contribution in [1.29, 1.82) is 0 Å². The van der Waals surface area contributed by atoms with Crippen molar-refractivity contribution in [2.75, 3.05) is 0 Å². The summed E-state index contributed by atoms with van der Waals surface area (Å²) < 4.78 is 24.1. The predicted molar refractivity (Wildman–Crippen MR) is 60.4 cm³/mol. The van der Waals surface area contributed by atoms with Gasteiger partial charge in [-0.3, -0.25) is 0 Å². The van der Waals surface area contributed by atoms with Crippen LogP contribution in [-0.4, -0.2) is 18.1 Å². The normalized spacial score (nSPS) is 27.6. The molecule has 1 heterocycles. The van der Waals surface area contributed by atoms with Gasteiger partial charge < -0.3 is 5.32 Å². The van der Waals surface area contributed by atoms with E-state index in [1.165, 1.54) is 5.41 Å². The molecule has 0 saturated carbocycles. The molecule has 0 amide bonds. The maximum absolute atomic E-state index is 11.7. The summed E-state index contributed by atoms with van der Waals surface area (Å²) in [6.45, 7) is 3.43. The van der Waals surface area contributed by atoms with Crippen molar-refractivity contribution < 1.29 is 8.42 Å². The lowest BCUT2D eigenvalue weighted by Gasteiger charge is -2.23. The minimum atomic E-state index is -3.66. The standard InChI is InChI=1S/C6H10Cl2N2O2S2/c1-4(2)10-14(11,12)6(8)9-5(7)3-13-6/h3-4,9-10H,1-2H3. The molecule has 2 N–H and O–H groups in total. The van der Waals surface area contributed by atoms with E-state index in [-0.39, 0.29) is 11.2 Å². The van der Waals surface area contributed by atoms with Gasteiger partial charge in [0.25, 0.3) is 13.7 Å². The fourth-order valence-corrected chi connectivity index (χ4v) is 3.95. The molecule has 14 heavy (non-hydrogen) atoms. The smallest absolute Gasteiger partial charge is 0.281 e. The molecule has 4 nitrogen and oxygen atoms in total. The van der Waals surface area contributed by atoms with Gasteiger partial charge in [0.1, 0.15) is 5.16 Å². The molecular weight excluding hydrogens is 267 g/mol. The number of halogens is 2. The van der Waals surface area contributed by atoms with Gasteiger partial charge in [-0.25, -0.2) is 13.1 Å². The molecule has 0 aliphatic carbocycles. The summed E-state index contributed by atoms with van der Waals surface area (Å²) in [5.74, 6) is 0. The van der Waals surface area contributed by atoms with E-state index in [2.05, 4.69) is 10.0 Å². The van der Waals surface area contributed by atoms with Crippen LogP contribution in [0.15, 0.2) is 10.6 Å². The molecule has 0 aromatic heterocycles. The van der Waals surface area contributed by atoms with Crippen LogP contribution in [0.5, 0.6) is 0 Å². The Bertz CT molecular complexity index is 355. The Balaban J connectivity index is 2.84. The second kappa shape index (κ2) is 4.09. The average Bonchev–Trinajstić information content (AvgIpc) is 2.29. The van der Waals surface area contributed by atoms with Gasteiger partial charge in [-0.15, -0.1) is 0 Å². The highest BCUT2D eigenvalue weighted by Gasteiger charge is 2.46. The molecule has 0 bridgehead atoms. The monoisotopic (exact) mass is 276 g/mol. The number of rotatable bonds is 3. The predicted octanol–water partition coefficient (Wildman–Crippen LogP) is 1.54. The lowest BCUT2D eigenvalue weighted by atomic mass is 10.4. The van der Waals surface area contributed by atoms with Crippen LogP contribution in [0.1, 0.15) is 13.8 Å². The van der Waals surface area contributed by atoms with Gasteiger partial charge in [0.2, 0.25) is 0 Å². The quantitative estimate of drug-likeness (QED) is 0.607. The van der Waals surface area contributed by atoms with Crippen molar-refractivity contribution >= 4 is 45.0 Å². The second-order valence-corrected chi connectivity index (χ2v) is 7.64. The first-order valence-corrected chi connectivity index (χ1v) is 6.91. The minimum absolute atomic E-state index is 0.211. The summed E-state index contributed by atoms with van der Waals surface area (Å²) in [5.41, 5.74) is 0. The summed E-state index contributed by atoms with van der Waals surface area (Å²) in [4.78, 5) is 0. The summed E-state index contributed by atoms with van der Waals surface area (Å²) >= 11 is 12.4. The zero-order chi connectivity index (χ0) is 11.0. The topological polar surface area (TPSA) is 58.2 Å². The third kappa shape index (κ3) is 2.49. The molecule has 0 radical (unpaired) electrons. The first kappa shape index (κ1) is 12.4. The Kier molecular flexibility index (Phi) is 3.64. The average molecular weight is 277 g/mol. The Hall–Kier alpha value is 0.380. The van der Waals surface area contributed by atoms with Crippen LogP contribution in [0.2, 0.25) is 0 Å². The van der Waals surface area contributed by atoms with Crippen molar-refractivity contribution in [3.8, 4) is 0 Å². The largest absolute Gasteiger partial charge is 0.335 e. The van der Waals surface area contributed by atoms with E-state index in [1.54, 1.807) is 13.8 Å². The maximum atomic E-state index is 11.7. The maximum Gasteiger partial charge on any atom is 0.281 e. The molecule has 1 aliphatic heterocycles. The van der Waals surface area contributed by atoms with Gasteiger partial charge >= 0.3 is 0 Å². The van der Waals surface area contributed by atoms with Crippen LogP contribution < -0.4 is 10.0 Å². The van der Waals surface area contributed by atoms with Crippen molar-refractivity contribution in [2.24, 2.45) is 0 Å². The second-order valence-electron chi connectivity index (χ2n) is 3.02. The van der Waals surface area contributed by atoms with E-state index >= 15 is 0 Å². The van der Waals surface area contributed by atoms with E-state index in [4.69, 9.17) is 23.2 Å². The molecule has 0 aromatic rings. The van der Waals surface area contributed by atoms with Crippen molar-refractivity contribution in [1.82, 2.24) is 10.0 Å². The van der Waals surface area contributed by atoms with Gasteiger partial charge in [0.05, 0.1) is 0 Å². The van der Waals surface area contributed by atoms with E-state index < -0.39 is 13.7 Å². The van der Waals surface area contributed by atoms with Crippen LogP contribution in [-0.2, 0) is 10.0 Å². The van der Waals surface area contributed by atoms with Crippen LogP contribution in [0.25, 0.3) is 0 Å². The minimum Gasteiger partial charge on any atom is -0.335 e. The first-order valence-electron chi connectivity index (χ1n) is 3.79. The fraction of sp³-hybridized carbons (Fsp3) is 0.667. The lowest BCUT2D eigenvalue weighted by Crippen LogP contribution is -2.48. The molecule has 0 saturated heterocycles. The highest BCUT2D eigenvalue weighted by Crippen LogP contribution is 2.40. The SMILES string of the molecule is CC(C)NS(=O)(=O)C1(Cl)NC(Cl)=CS1. The van der Waals surface area contributed by atoms with Crippen LogP contribution in [0.4, 0.5) is 0 Å². The van der Waals surface area contributed by atoms with Crippen LogP contribution in [0, 0.1) is 0 Å². The summed E-state index contributed by atoms with van der Waals surface area (Å²) in [6, 6.07) is -0.211. The first-order chi connectivity index (χ1) is 6.27. The Morgan fingerprint density at radius 3 is 2.57 bits per heavy atom. The van der Waals surface area contributed by atoms with Crippen molar-refractivity contribution in [3.63, 3.8) is 0 Å². The van der Waals surface area contributed by atoms with Gasteiger partial charge in [0.15, 0.2) is 0 Å². The van der Waals surface area contributed by atoms with E-state index in [9.17, 15) is 8.42 Å². The molecule has 0 spiro atoms. The van der Waals surface area contributed by atoms with Gasteiger partial charge in [-0.1, -0.05) is 35.0 Å². The summed E-state index contributed by atoms with van der Waals surface area (Å²) in [7, 11) is -3.66. The molecule has 0 fully saturated rings. The Morgan fingerprint density at radius 2 is 2.21 bits per heavy atom. The summed E-state index contributed by atoms with van der Waals surface area (Å²) in [5, 5.41) is 4.15. The van der Waals surface area contributed by atoms with E-state index in [0.717, 1.165) is 11.8 Å². The van der Waals surface area contributed by atoms with Gasteiger partial charge in [0, 0.05) is 11.4 Å². The number of thioether (sulfide) groups is 1. The zero-order valence-corrected chi connectivity index (χ0v) is 10.7. The van der Waals surface area contributed by atoms with E-state index in [1.807, 2.05) is 0 Å². The van der Waals surface area contributed by atoms with Crippen molar-refractivity contribution in [2.45, 2.75) is 23.6 Å². The number of hydrogen-bond acceptors (Lipinski definition) is 4. The van der Waals surface area contributed by atoms with Gasteiger partial charge in [-0.05, 0) is 13.8 Å². The number of nitrogens with one attached hydrogen (secondary N) is 2. The number of hydrogen-bond donors (Lipinski definition) is 2. The molecule has 1 atom stereocenters. The highest BCUT2D eigenvalue weighted by atomic mass is 35.5. The molecular formula is C6H10Cl2N2O2S2. The molecule has 1 aliphatic rings. The number of alkyl halides is 1. The molecule has 1 rings (SSSR count). The Morgan fingerprint density at radius 1 is 1.64 bits per heavy atom. The van der Waals surface area contributed by atoms with Crippen LogP contribution in [0.3, 0.4) is 0 Å². The third-order valence-electron chi connectivity index (χ3n) is 1.32.